The van der Waals surface area contributed by atoms with Crippen LogP contribution in [0.5, 0.6) is 0 Å². The first kappa shape index (κ1) is 35.0. The van der Waals surface area contributed by atoms with Gasteiger partial charge in [-0.2, -0.15) is 0 Å². The van der Waals surface area contributed by atoms with Crippen molar-refractivity contribution in [3.05, 3.63) is 83.4 Å². The Morgan fingerprint density at radius 2 is 1.67 bits per heavy atom. The van der Waals surface area contributed by atoms with Crippen LogP contribution in [-0.2, 0) is 30.3 Å². The summed E-state index contributed by atoms with van der Waals surface area (Å²) in [5, 5.41) is 13.6. The molecule has 45 heavy (non-hydrogen) atoms. The monoisotopic (exact) mass is 782 g/mol. The molecule has 2 aliphatic rings. The van der Waals surface area contributed by atoms with E-state index in [4.69, 9.17) is 4.98 Å². The molecule has 2 heterocycles. The number of benzene rings is 2. The smallest absolute Gasteiger partial charge is 0.162 e. The van der Waals surface area contributed by atoms with Crippen LogP contribution in [0.3, 0.4) is 0 Å². The number of carbonyl (C=O) groups excluding carboxylic acids is 1. The fraction of sp³-hybridized carbons (Fsp3) is 0.475. The number of nitrogens with zero attached hydrogens (tertiary/aromatic N) is 2. The van der Waals surface area contributed by atoms with Crippen LogP contribution in [0.2, 0.25) is 0 Å². The van der Waals surface area contributed by atoms with Crippen molar-refractivity contribution in [1.82, 2.24) is 9.97 Å². The molecule has 0 atom stereocenters. The van der Waals surface area contributed by atoms with Crippen LogP contribution >= 0.6 is 0 Å². The molecule has 0 unspecified atom stereocenters. The Balaban J connectivity index is 0.000000249. The quantitative estimate of drug-likeness (QED) is 0.110. The molecule has 5 heteroatoms. The van der Waals surface area contributed by atoms with Crippen LogP contribution in [0.25, 0.3) is 32.9 Å². The Morgan fingerprint density at radius 3 is 2.33 bits per heavy atom. The van der Waals surface area contributed by atoms with E-state index in [9.17, 15) is 9.90 Å². The van der Waals surface area contributed by atoms with Crippen LogP contribution in [0.15, 0.2) is 60.6 Å². The third kappa shape index (κ3) is 6.95. The molecule has 4 aromatic rings. The minimum atomic E-state index is -0.118. The molecule has 1 saturated carbocycles. The van der Waals surface area contributed by atoms with Crippen LogP contribution in [0.4, 0.5) is 0 Å². The van der Waals surface area contributed by atoms with Gasteiger partial charge < -0.3 is 15.1 Å². The van der Waals surface area contributed by atoms with E-state index >= 15 is 0 Å². The number of ketones is 1. The maximum Gasteiger partial charge on any atom is 0.162 e. The second-order valence-corrected chi connectivity index (χ2v) is 13.3. The summed E-state index contributed by atoms with van der Waals surface area (Å²) in [5.41, 5.74) is 7.36. The van der Waals surface area contributed by atoms with Gasteiger partial charge in [-0.15, -0.1) is 23.3 Å². The molecular weight excluding hydrogens is 733 g/mol. The largest absolute Gasteiger partial charge is 0.512 e. The molecule has 241 valence electrons. The summed E-state index contributed by atoms with van der Waals surface area (Å²) in [5.74, 6) is 1.24. The number of hydrogen-bond acceptors (Lipinski definition) is 4. The molecule has 1 N–H and O–H groups in total. The molecule has 2 aliphatic carbocycles. The van der Waals surface area contributed by atoms with E-state index in [0.717, 1.165) is 42.5 Å². The molecule has 0 amide bonds. The molecule has 0 saturated heterocycles. The average Bonchev–Trinajstić information content (AvgIpc) is 3.04. The van der Waals surface area contributed by atoms with Crippen molar-refractivity contribution in [2.75, 3.05) is 0 Å². The van der Waals surface area contributed by atoms with Gasteiger partial charge in [0.15, 0.2) is 5.78 Å². The Labute approximate surface area is 283 Å². The van der Waals surface area contributed by atoms with Crippen LogP contribution < -0.4 is 0 Å². The molecule has 0 spiro atoms. The third-order valence-corrected chi connectivity index (χ3v) is 10.3. The standard InChI is InChI=1S/C27H25N2.C13H24O2.Ir/c1-27(2)22-16-19(17-7-4-3-5-8-17)15-18-12-14-29-26(24(18)22)21-10-11-23-20(25(21)27)9-6-13-28-23;1-5-10(6-2)12(14)9-13(15)11(7-3)8-4;/h6,9,11-17H,3-5,7-8H2,1-2H3;9-11,14H,5-8H2,1-4H3;/q-1;;/b;12-9-;. The van der Waals surface area contributed by atoms with Crippen LogP contribution in [-0.4, -0.2) is 20.9 Å². The molecule has 6 rings (SSSR count). The summed E-state index contributed by atoms with van der Waals surface area (Å²) in [7, 11) is 0. The molecule has 1 radical (unpaired) electrons. The number of carbonyl (C=O) groups is 1. The summed E-state index contributed by atoms with van der Waals surface area (Å²) in [6.45, 7) is 12.8. The van der Waals surface area contributed by atoms with E-state index in [2.05, 4.69) is 49.2 Å². The van der Waals surface area contributed by atoms with Gasteiger partial charge in [0, 0.05) is 50.4 Å². The molecule has 2 aromatic heterocycles. The van der Waals surface area contributed by atoms with Gasteiger partial charge in [0.1, 0.15) is 0 Å². The van der Waals surface area contributed by atoms with Crippen molar-refractivity contribution >= 4 is 27.5 Å². The van der Waals surface area contributed by atoms with Crippen LogP contribution in [0.1, 0.15) is 122 Å². The third-order valence-electron chi connectivity index (χ3n) is 10.3. The first-order valence-corrected chi connectivity index (χ1v) is 16.9. The number of hydrogen-bond donors (Lipinski definition) is 1. The zero-order valence-electron chi connectivity index (χ0n) is 27.9. The molecule has 0 aliphatic heterocycles. The number of fused-ring (bicyclic) bond motifs is 4. The Hall–Kier alpha value is -2.88. The summed E-state index contributed by atoms with van der Waals surface area (Å²) in [4.78, 5) is 21.2. The molecule has 0 bridgehead atoms. The van der Waals surface area contributed by atoms with Gasteiger partial charge in [-0.05, 0) is 95.1 Å². The van der Waals surface area contributed by atoms with E-state index in [-0.39, 0.29) is 48.9 Å². The molecule has 1 fully saturated rings. The number of aliphatic hydroxyl groups is 1. The second-order valence-electron chi connectivity index (χ2n) is 13.3. The molecular formula is C40H49IrN2O2-. The minimum Gasteiger partial charge on any atom is -0.512 e. The summed E-state index contributed by atoms with van der Waals surface area (Å²) >= 11 is 0. The van der Waals surface area contributed by atoms with Crippen LogP contribution in [0, 0.1) is 17.9 Å². The van der Waals surface area contributed by atoms with E-state index in [1.165, 1.54) is 71.0 Å². The van der Waals surface area contributed by atoms with Gasteiger partial charge in [0.2, 0.25) is 0 Å². The fourth-order valence-corrected chi connectivity index (χ4v) is 7.54. The van der Waals surface area contributed by atoms with Gasteiger partial charge in [-0.3, -0.25) is 4.79 Å². The Kier molecular flexibility index (Phi) is 11.8. The van der Waals surface area contributed by atoms with E-state index in [0.29, 0.717) is 5.92 Å². The van der Waals surface area contributed by atoms with Crippen molar-refractivity contribution in [2.24, 2.45) is 11.8 Å². The van der Waals surface area contributed by atoms with E-state index < -0.39 is 0 Å². The minimum absolute atomic E-state index is 0. The normalized spacial score (nSPS) is 15.9. The predicted octanol–water partition coefficient (Wildman–Crippen LogP) is 10.8. The first-order valence-electron chi connectivity index (χ1n) is 16.9. The average molecular weight is 782 g/mol. The van der Waals surface area contributed by atoms with Gasteiger partial charge in [-0.25, -0.2) is 0 Å². The summed E-state index contributed by atoms with van der Waals surface area (Å²) in [6, 6.07) is 16.9. The zero-order chi connectivity index (χ0) is 31.4. The fourth-order valence-electron chi connectivity index (χ4n) is 7.54. The van der Waals surface area contributed by atoms with Crippen molar-refractivity contribution in [3.63, 3.8) is 0 Å². The van der Waals surface area contributed by atoms with Crippen molar-refractivity contribution in [3.8, 4) is 11.3 Å². The van der Waals surface area contributed by atoms with Gasteiger partial charge in [-0.1, -0.05) is 84.4 Å². The first-order chi connectivity index (χ1) is 21.2. The summed E-state index contributed by atoms with van der Waals surface area (Å²) < 4.78 is 0. The number of pyridine rings is 2. The van der Waals surface area contributed by atoms with Crippen molar-refractivity contribution in [1.29, 1.82) is 0 Å². The van der Waals surface area contributed by atoms with Gasteiger partial charge in [0.25, 0.3) is 0 Å². The number of rotatable bonds is 8. The van der Waals surface area contributed by atoms with Gasteiger partial charge >= 0.3 is 0 Å². The molecule has 4 nitrogen and oxygen atoms in total. The van der Waals surface area contributed by atoms with E-state index in [1.54, 1.807) is 0 Å². The van der Waals surface area contributed by atoms with Crippen molar-refractivity contribution < 1.29 is 30.0 Å². The Morgan fingerprint density at radius 1 is 0.978 bits per heavy atom. The van der Waals surface area contributed by atoms with Crippen molar-refractivity contribution in [2.45, 2.75) is 111 Å². The SMILES string of the molecule is CC1(C)c2c([c-]cc3ncccc23)-c2nccc3cc(C4CCCCC4)cc1c23.CCC(CC)C(=O)/C=C(\O)C(CC)CC.[Ir]. The topological polar surface area (TPSA) is 63.1 Å². The molecule has 2 aromatic carbocycles. The number of aromatic nitrogens is 2. The van der Waals surface area contributed by atoms with Gasteiger partial charge in [0.05, 0.1) is 5.76 Å². The second kappa shape index (κ2) is 15.1. The predicted molar refractivity (Wildman–Crippen MR) is 183 cm³/mol. The maximum absolute atomic E-state index is 11.7. The number of allylic oxidation sites excluding steroid dienone is 2. The Bertz CT molecular complexity index is 1660. The maximum atomic E-state index is 11.7. The number of aliphatic hydroxyl groups excluding tert-OH is 1. The van der Waals surface area contributed by atoms with E-state index in [1.807, 2.05) is 52.2 Å². The zero-order valence-corrected chi connectivity index (χ0v) is 30.3. The summed E-state index contributed by atoms with van der Waals surface area (Å²) in [6.07, 6.45) is 15.5.